The summed E-state index contributed by atoms with van der Waals surface area (Å²) in [6.45, 7) is 7.06. The van der Waals surface area contributed by atoms with Crippen molar-refractivity contribution < 1.29 is 0 Å². The molecule has 1 aliphatic rings. The number of rotatable bonds is 2. The lowest BCUT2D eigenvalue weighted by atomic mass is 10.1. The van der Waals surface area contributed by atoms with Gasteiger partial charge in [-0.25, -0.2) is 9.97 Å². The number of nitrogens with zero attached hydrogens (tertiary/aromatic N) is 4. The van der Waals surface area contributed by atoms with E-state index in [-0.39, 0.29) is 0 Å². The highest BCUT2D eigenvalue weighted by atomic mass is 35.5. The summed E-state index contributed by atoms with van der Waals surface area (Å²) in [7, 11) is 0. The van der Waals surface area contributed by atoms with Crippen molar-refractivity contribution >= 4 is 79.4 Å². The molecule has 1 aliphatic heterocycles. The largest absolute Gasteiger partial charge is 0.359 e. The first-order valence-electron chi connectivity index (χ1n) is 11.0. The van der Waals surface area contributed by atoms with Crippen LogP contribution in [0.1, 0.15) is 22.3 Å². The van der Waals surface area contributed by atoms with Crippen LogP contribution in [-0.4, -0.2) is 55.9 Å². The minimum absolute atomic E-state index is 0.434. The number of piperazine rings is 1. The van der Waals surface area contributed by atoms with E-state index in [4.69, 9.17) is 47.6 Å². The van der Waals surface area contributed by atoms with Gasteiger partial charge in [-0.05, 0) is 50.2 Å². The van der Waals surface area contributed by atoms with Crippen molar-refractivity contribution in [3.8, 4) is 0 Å². The van der Waals surface area contributed by atoms with Crippen LogP contribution in [0.15, 0.2) is 48.5 Å². The third-order valence-corrected chi connectivity index (χ3v) is 7.69. The number of pyridine rings is 2. The van der Waals surface area contributed by atoms with Gasteiger partial charge in [0.1, 0.15) is 20.3 Å². The molecular formula is C26H22Cl2N4S2. The molecule has 1 saturated heterocycles. The van der Waals surface area contributed by atoms with Crippen molar-refractivity contribution in [3.63, 3.8) is 0 Å². The molecule has 172 valence electrons. The minimum Gasteiger partial charge on any atom is -0.359 e. The van der Waals surface area contributed by atoms with Gasteiger partial charge in [0.2, 0.25) is 0 Å². The highest BCUT2D eigenvalue weighted by Gasteiger charge is 2.25. The maximum absolute atomic E-state index is 6.51. The van der Waals surface area contributed by atoms with Gasteiger partial charge in [0.15, 0.2) is 0 Å². The highest BCUT2D eigenvalue weighted by Crippen LogP contribution is 2.26. The summed E-state index contributed by atoms with van der Waals surface area (Å²) in [5.41, 5.74) is 5.67. The van der Waals surface area contributed by atoms with Gasteiger partial charge in [-0.2, -0.15) is 0 Å². The first-order valence-corrected chi connectivity index (χ1v) is 12.6. The van der Waals surface area contributed by atoms with Crippen LogP contribution >= 0.6 is 47.6 Å². The molecule has 0 atom stereocenters. The molecule has 0 N–H and O–H groups in total. The van der Waals surface area contributed by atoms with Crippen LogP contribution in [0, 0.1) is 13.8 Å². The molecule has 34 heavy (non-hydrogen) atoms. The number of aromatic nitrogens is 2. The number of fused-ring (bicyclic) bond motifs is 2. The van der Waals surface area contributed by atoms with Gasteiger partial charge in [-0.15, -0.1) is 0 Å². The van der Waals surface area contributed by atoms with Gasteiger partial charge in [-0.3, -0.25) is 0 Å². The second-order valence-electron chi connectivity index (χ2n) is 8.63. The number of aryl methyl sites for hydroxylation is 2. The maximum Gasteiger partial charge on any atom is 0.139 e. The zero-order valence-electron chi connectivity index (χ0n) is 18.8. The number of benzene rings is 2. The van der Waals surface area contributed by atoms with E-state index in [1.54, 1.807) is 0 Å². The molecule has 2 aromatic heterocycles. The molecule has 8 heteroatoms. The van der Waals surface area contributed by atoms with Crippen LogP contribution in [0.4, 0.5) is 0 Å². The smallest absolute Gasteiger partial charge is 0.139 e. The van der Waals surface area contributed by atoms with Crippen molar-refractivity contribution in [1.29, 1.82) is 0 Å². The normalized spacial score (nSPS) is 14.1. The molecule has 0 amide bonds. The Kier molecular flexibility index (Phi) is 6.42. The number of halogens is 2. The van der Waals surface area contributed by atoms with Crippen LogP contribution in [0.3, 0.4) is 0 Å². The molecule has 5 rings (SSSR count). The Balaban J connectivity index is 1.33. The van der Waals surface area contributed by atoms with Crippen LogP contribution in [0.25, 0.3) is 21.8 Å². The van der Waals surface area contributed by atoms with Gasteiger partial charge in [0.05, 0.1) is 11.0 Å². The van der Waals surface area contributed by atoms with E-state index in [1.807, 2.05) is 36.4 Å². The molecule has 2 aromatic carbocycles. The molecule has 0 saturated carbocycles. The summed E-state index contributed by atoms with van der Waals surface area (Å²) in [5.74, 6) is 0. The van der Waals surface area contributed by atoms with Crippen molar-refractivity contribution in [2.45, 2.75) is 13.8 Å². The van der Waals surface area contributed by atoms with E-state index in [9.17, 15) is 0 Å². The molecule has 0 unspecified atom stereocenters. The summed E-state index contributed by atoms with van der Waals surface area (Å²) < 4.78 is 0. The zero-order valence-corrected chi connectivity index (χ0v) is 22.0. The molecule has 0 spiro atoms. The summed E-state index contributed by atoms with van der Waals surface area (Å²) in [5, 5.41) is 2.94. The van der Waals surface area contributed by atoms with E-state index >= 15 is 0 Å². The van der Waals surface area contributed by atoms with E-state index in [2.05, 4.69) is 45.7 Å². The fraction of sp³-hybridized carbons (Fsp3) is 0.231. The quantitative estimate of drug-likeness (QED) is 0.223. The third kappa shape index (κ3) is 4.48. The van der Waals surface area contributed by atoms with Crippen molar-refractivity contribution in [1.82, 2.24) is 19.8 Å². The van der Waals surface area contributed by atoms with Gasteiger partial charge >= 0.3 is 0 Å². The van der Waals surface area contributed by atoms with Crippen LogP contribution < -0.4 is 0 Å². The molecule has 1 fully saturated rings. The fourth-order valence-corrected chi connectivity index (χ4v) is 5.56. The average molecular weight is 526 g/mol. The molecule has 4 aromatic rings. The monoisotopic (exact) mass is 524 g/mol. The average Bonchev–Trinajstić information content (AvgIpc) is 2.83. The summed E-state index contributed by atoms with van der Waals surface area (Å²) in [6.07, 6.45) is 0. The predicted octanol–water partition coefficient (Wildman–Crippen LogP) is 6.38. The van der Waals surface area contributed by atoms with Crippen molar-refractivity contribution in [2.24, 2.45) is 0 Å². The molecule has 0 aliphatic carbocycles. The van der Waals surface area contributed by atoms with Crippen molar-refractivity contribution in [2.75, 3.05) is 26.2 Å². The Morgan fingerprint density at radius 3 is 1.44 bits per heavy atom. The fourth-order valence-electron chi connectivity index (χ4n) is 4.30. The molecular weight excluding hydrogens is 503 g/mol. The SMILES string of the molecule is Cc1ccc2nc(Cl)c(C(=S)N3CCN(C(=S)c4cc5cc(C)ccc5nc4Cl)CC3)cc2c1. The van der Waals surface area contributed by atoms with E-state index in [1.165, 1.54) is 11.1 Å². The summed E-state index contributed by atoms with van der Waals surface area (Å²) >= 11 is 24.7. The van der Waals surface area contributed by atoms with Crippen LogP contribution in [0.5, 0.6) is 0 Å². The first-order chi connectivity index (χ1) is 16.3. The van der Waals surface area contributed by atoms with E-state index in [0.717, 1.165) is 59.1 Å². The zero-order chi connectivity index (χ0) is 24.0. The second-order valence-corrected chi connectivity index (χ2v) is 10.1. The van der Waals surface area contributed by atoms with Gasteiger partial charge in [0.25, 0.3) is 0 Å². The van der Waals surface area contributed by atoms with Gasteiger partial charge in [0, 0.05) is 48.1 Å². The Bertz CT molecular complexity index is 1350. The van der Waals surface area contributed by atoms with Crippen molar-refractivity contribution in [3.05, 3.63) is 81.1 Å². The Morgan fingerprint density at radius 2 is 1.06 bits per heavy atom. The van der Waals surface area contributed by atoms with Gasteiger partial charge < -0.3 is 9.80 Å². The number of hydrogen-bond acceptors (Lipinski definition) is 4. The third-order valence-electron chi connectivity index (χ3n) is 6.16. The summed E-state index contributed by atoms with van der Waals surface area (Å²) in [4.78, 5) is 14.9. The number of hydrogen-bond donors (Lipinski definition) is 0. The van der Waals surface area contributed by atoms with E-state index < -0.39 is 0 Å². The molecule has 4 nitrogen and oxygen atoms in total. The Morgan fingerprint density at radius 1 is 0.676 bits per heavy atom. The Labute approximate surface area is 219 Å². The highest BCUT2D eigenvalue weighted by molar-refractivity contribution is 7.81. The van der Waals surface area contributed by atoms with Gasteiger partial charge in [-0.1, -0.05) is 70.9 Å². The summed E-state index contributed by atoms with van der Waals surface area (Å²) in [6, 6.07) is 16.3. The molecule has 3 heterocycles. The molecule has 0 radical (unpaired) electrons. The van der Waals surface area contributed by atoms with Crippen LogP contribution in [-0.2, 0) is 0 Å². The standard InChI is InChI=1S/C26H22Cl2N4S2/c1-15-3-5-21-17(11-15)13-19(23(27)29-21)25(33)31-7-9-32(10-8-31)26(34)20-14-18-12-16(2)4-6-22(18)30-24(20)28/h3-6,11-14H,7-10H2,1-2H3. The number of thiocarbonyl (C=S) groups is 2. The Hall–Kier alpha value is -2.38. The lowest BCUT2D eigenvalue weighted by Crippen LogP contribution is -2.50. The molecule has 0 bridgehead atoms. The lowest BCUT2D eigenvalue weighted by molar-refractivity contribution is 0.265. The van der Waals surface area contributed by atoms with E-state index in [0.29, 0.717) is 20.3 Å². The minimum atomic E-state index is 0.434. The second kappa shape index (κ2) is 9.34. The first kappa shape index (κ1) is 23.4. The maximum atomic E-state index is 6.51. The predicted molar refractivity (Wildman–Crippen MR) is 150 cm³/mol. The topological polar surface area (TPSA) is 32.3 Å². The lowest BCUT2D eigenvalue weighted by Gasteiger charge is -2.37. The van der Waals surface area contributed by atoms with Crippen LogP contribution in [0.2, 0.25) is 10.3 Å².